The van der Waals surface area contributed by atoms with Gasteiger partial charge >= 0.3 is 0 Å². The number of amides is 2. The van der Waals surface area contributed by atoms with Crippen LogP contribution >= 0.6 is 0 Å². The van der Waals surface area contributed by atoms with Gasteiger partial charge in [-0.05, 0) is 32.4 Å². The minimum absolute atomic E-state index is 0.303. The molecule has 0 aliphatic carbocycles. The molecular formula is C21H26N2O3. The number of rotatable bonds is 7. The van der Waals surface area contributed by atoms with Crippen LogP contribution in [0.1, 0.15) is 30.5 Å². The Balaban J connectivity index is 1.93. The molecule has 0 heterocycles. The summed E-state index contributed by atoms with van der Waals surface area (Å²) in [6.45, 7) is 5.95. The highest BCUT2D eigenvalue weighted by Gasteiger charge is 2.35. The van der Waals surface area contributed by atoms with Gasteiger partial charge in [-0.25, -0.2) is 0 Å². The van der Waals surface area contributed by atoms with Gasteiger partial charge in [0, 0.05) is 18.7 Å². The lowest BCUT2D eigenvalue weighted by atomic mass is 9.90. The van der Waals surface area contributed by atoms with E-state index in [1.807, 2.05) is 55.5 Å². The van der Waals surface area contributed by atoms with Crippen LogP contribution in [0.25, 0.3) is 0 Å². The molecule has 2 aromatic carbocycles. The molecule has 0 bridgehead atoms. The van der Waals surface area contributed by atoms with Crippen molar-refractivity contribution in [2.24, 2.45) is 5.41 Å². The highest BCUT2D eigenvalue weighted by molar-refractivity contribution is 6.04. The molecule has 0 fully saturated rings. The average molecular weight is 354 g/mol. The molecule has 2 amide bonds. The SMILES string of the molecule is COc1ccccc1CNC(=O)C(C)(C)C(=O)NCc1ccc(C)cc1. The molecule has 0 spiro atoms. The van der Waals surface area contributed by atoms with Crippen molar-refractivity contribution >= 4 is 11.8 Å². The Morgan fingerprint density at radius 3 is 2.12 bits per heavy atom. The van der Waals surface area contributed by atoms with E-state index in [0.29, 0.717) is 18.8 Å². The molecule has 0 aromatic heterocycles. The summed E-state index contributed by atoms with van der Waals surface area (Å²) in [7, 11) is 1.59. The number of nitrogens with one attached hydrogen (secondary N) is 2. The molecule has 0 unspecified atom stereocenters. The Morgan fingerprint density at radius 2 is 1.50 bits per heavy atom. The van der Waals surface area contributed by atoms with E-state index in [2.05, 4.69) is 10.6 Å². The van der Waals surface area contributed by atoms with Crippen molar-refractivity contribution in [1.29, 1.82) is 0 Å². The first kappa shape index (κ1) is 19.5. The molecule has 0 aliphatic heterocycles. The lowest BCUT2D eigenvalue weighted by Crippen LogP contribution is -2.47. The summed E-state index contributed by atoms with van der Waals surface area (Å²) in [5, 5.41) is 5.66. The van der Waals surface area contributed by atoms with Crippen LogP contribution in [0.3, 0.4) is 0 Å². The molecule has 0 radical (unpaired) electrons. The summed E-state index contributed by atoms with van der Waals surface area (Å²) in [6.07, 6.45) is 0. The van der Waals surface area contributed by atoms with Gasteiger partial charge in [-0.1, -0.05) is 48.0 Å². The quantitative estimate of drug-likeness (QED) is 0.751. The molecule has 138 valence electrons. The van der Waals surface area contributed by atoms with Gasteiger partial charge in [0.1, 0.15) is 11.2 Å². The number of ether oxygens (including phenoxy) is 1. The van der Waals surface area contributed by atoms with E-state index in [1.54, 1.807) is 21.0 Å². The zero-order chi connectivity index (χ0) is 19.2. The Morgan fingerprint density at radius 1 is 0.923 bits per heavy atom. The maximum atomic E-state index is 12.5. The van der Waals surface area contributed by atoms with E-state index in [4.69, 9.17) is 4.74 Å². The van der Waals surface area contributed by atoms with Crippen molar-refractivity contribution in [3.8, 4) is 5.75 Å². The van der Waals surface area contributed by atoms with Crippen molar-refractivity contribution in [2.75, 3.05) is 7.11 Å². The molecule has 0 saturated carbocycles. The minimum Gasteiger partial charge on any atom is -0.496 e. The summed E-state index contributed by atoms with van der Waals surface area (Å²) in [5.41, 5.74) is 1.84. The lowest BCUT2D eigenvalue weighted by Gasteiger charge is -2.23. The van der Waals surface area contributed by atoms with E-state index in [-0.39, 0.29) is 11.8 Å². The van der Waals surface area contributed by atoms with Crippen LogP contribution in [0, 0.1) is 12.3 Å². The van der Waals surface area contributed by atoms with Crippen molar-refractivity contribution in [3.63, 3.8) is 0 Å². The number of carbonyl (C=O) groups is 2. The second-order valence-corrected chi connectivity index (χ2v) is 6.79. The van der Waals surface area contributed by atoms with Gasteiger partial charge in [0.05, 0.1) is 7.11 Å². The van der Waals surface area contributed by atoms with Crippen LogP contribution in [-0.4, -0.2) is 18.9 Å². The number of carbonyl (C=O) groups excluding carboxylic acids is 2. The van der Waals surface area contributed by atoms with Crippen LogP contribution in [0.5, 0.6) is 5.75 Å². The lowest BCUT2D eigenvalue weighted by molar-refractivity contribution is -0.141. The number of hydrogen-bond acceptors (Lipinski definition) is 3. The number of benzene rings is 2. The summed E-state index contributed by atoms with van der Waals surface area (Å²) < 4.78 is 5.28. The van der Waals surface area contributed by atoms with Crippen LogP contribution in [-0.2, 0) is 22.7 Å². The second-order valence-electron chi connectivity index (χ2n) is 6.79. The number of hydrogen-bond donors (Lipinski definition) is 2. The maximum Gasteiger partial charge on any atom is 0.235 e. The fourth-order valence-electron chi connectivity index (χ4n) is 2.46. The molecule has 2 rings (SSSR count). The summed E-state index contributed by atoms with van der Waals surface area (Å²) in [6, 6.07) is 15.4. The number of methoxy groups -OCH3 is 1. The van der Waals surface area contributed by atoms with Gasteiger partial charge < -0.3 is 15.4 Å². The van der Waals surface area contributed by atoms with E-state index in [1.165, 1.54) is 0 Å². The molecule has 2 N–H and O–H groups in total. The van der Waals surface area contributed by atoms with Crippen LogP contribution in [0.2, 0.25) is 0 Å². The number of para-hydroxylation sites is 1. The molecule has 0 atom stereocenters. The topological polar surface area (TPSA) is 67.4 Å². The van der Waals surface area contributed by atoms with Gasteiger partial charge in [-0.3, -0.25) is 9.59 Å². The van der Waals surface area contributed by atoms with Crippen LogP contribution in [0.4, 0.5) is 0 Å². The van der Waals surface area contributed by atoms with Crippen molar-refractivity contribution in [2.45, 2.75) is 33.9 Å². The van der Waals surface area contributed by atoms with E-state index >= 15 is 0 Å². The fourth-order valence-corrected chi connectivity index (χ4v) is 2.46. The Bertz CT molecular complexity index is 767. The first-order valence-electron chi connectivity index (χ1n) is 8.58. The molecule has 5 heteroatoms. The van der Waals surface area contributed by atoms with Crippen molar-refractivity contribution in [1.82, 2.24) is 10.6 Å². The van der Waals surface area contributed by atoms with E-state index in [9.17, 15) is 9.59 Å². The third-order valence-electron chi connectivity index (χ3n) is 4.34. The summed E-state index contributed by atoms with van der Waals surface area (Å²) in [4.78, 5) is 25.0. The standard InChI is InChI=1S/C21H26N2O3/c1-15-9-11-16(12-10-15)13-22-19(24)21(2,3)20(25)23-14-17-7-5-6-8-18(17)26-4/h5-12H,13-14H2,1-4H3,(H,22,24)(H,23,25). The first-order chi connectivity index (χ1) is 12.3. The Hall–Kier alpha value is -2.82. The average Bonchev–Trinajstić information content (AvgIpc) is 2.65. The van der Waals surface area contributed by atoms with Crippen molar-refractivity contribution in [3.05, 3.63) is 65.2 Å². The highest BCUT2D eigenvalue weighted by atomic mass is 16.5. The molecule has 5 nitrogen and oxygen atoms in total. The highest BCUT2D eigenvalue weighted by Crippen LogP contribution is 2.19. The predicted octanol–water partition coefficient (Wildman–Crippen LogP) is 2.96. The van der Waals surface area contributed by atoms with Gasteiger partial charge in [0.15, 0.2) is 0 Å². The molecule has 0 aliphatic rings. The zero-order valence-electron chi connectivity index (χ0n) is 15.8. The maximum absolute atomic E-state index is 12.5. The van der Waals surface area contributed by atoms with Crippen LogP contribution in [0.15, 0.2) is 48.5 Å². The van der Waals surface area contributed by atoms with Gasteiger partial charge in [-0.2, -0.15) is 0 Å². The van der Waals surface area contributed by atoms with Crippen LogP contribution < -0.4 is 15.4 Å². The second kappa shape index (κ2) is 8.52. The van der Waals surface area contributed by atoms with Crippen molar-refractivity contribution < 1.29 is 14.3 Å². The summed E-state index contributed by atoms with van der Waals surface area (Å²) >= 11 is 0. The minimum atomic E-state index is -1.17. The number of aryl methyl sites for hydroxylation is 1. The monoisotopic (exact) mass is 354 g/mol. The normalized spacial score (nSPS) is 10.9. The Kier molecular flexibility index (Phi) is 6.39. The first-order valence-corrected chi connectivity index (χ1v) is 8.58. The van der Waals surface area contributed by atoms with Gasteiger partial charge in [-0.15, -0.1) is 0 Å². The zero-order valence-corrected chi connectivity index (χ0v) is 15.8. The Labute approximate surface area is 154 Å². The molecule has 0 saturated heterocycles. The van der Waals surface area contributed by atoms with E-state index in [0.717, 1.165) is 16.7 Å². The molecular weight excluding hydrogens is 328 g/mol. The summed E-state index contributed by atoms with van der Waals surface area (Å²) in [5.74, 6) is 0.0647. The predicted molar refractivity (Wildman–Crippen MR) is 102 cm³/mol. The molecule has 2 aromatic rings. The van der Waals surface area contributed by atoms with Gasteiger partial charge in [0.25, 0.3) is 0 Å². The smallest absolute Gasteiger partial charge is 0.235 e. The van der Waals surface area contributed by atoms with E-state index < -0.39 is 5.41 Å². The largest absolute Gasteiger partial charge is 0.496 e. The molecule has 26 heavy (non-hydrogen) atoms. The van der Waals surface area contributed by atoms with Gasteiger partial charge in [0.2, 0.25) is 11.8 Å². The fraction of sp³-hybridized carbons (Fsp3) is 0.333. The third kappa shape index (κ3) is 4.85. The third-order valence-corrected chi connectivity index (χ3v) is 4.34.